The van der Waals surface area contributed by atoms with Crippen molar-refractivity contribution in [2.75, 3.05) is 13.2 Å². The topological polar surface area (TPSA) is 51.2 Å². The summed E-state index contributed by atoms with van der Waals surface area (Å²) in [5, 5.41) is 3.36. The third-order valence-electron chi connectivity index (χ3n) is 2.68. The van der Waals surface area contributed by atoms with Crippen molar-refractivity contribution >= 4 is 29.1 Å². The second-order valence-corrected chi connectivity index (χ2v) is 5.25. The fraction of sp³-hybridized carbons (Fsp3) is 0.538. The number of pyridine rings is 1. The summed E-state index contributed by atoms with van der Waals surface area (Å²) in [6.45, 7) is 7.07. The second-order valence-electron chi connectivity index (χ2n) is 4.48. The smallest absolute Gasteiger partial charge is 0.253 e. The van der Waals surface area contributed by atoms with E-state index >= 15 is 0 Å². The van der Waals surface area contributed by atoms with Gasteiger partial charge in [0.2, 0.25) is 0 Å². The van der Waals surface area contributed by atoms with E-state index in [2.05, 4.69) is 10.3 Å². The Morgan fingerprint density at radius 3 is 2.68 bits per heavy atom. The Morgan fingerprint density at radius 2 is 2.16 bits per heavy atom. The summed E-state index contributed by atoms with van der Waals surface area (Å²) in [7, 11) is 0. The van der Waals surface area contributed by atoms with Crippen LogP contribution in [0.5, 0.6) is 0 Å². The molecule has 0 saturated carbocycles. The molecule has 1 heterocycles. The summed E-state index contributed by atoms with van der Waals surface area (Å²) >= 11 is 11.6. The van der Waals surface area contributed by atoms with Crippen molar-refractivity contribution in [2.45, 2.75) is 26.8 Å². The Morgan fingerprint density at radius 1 is 1.47 bits per heavy atom. The summed E-state index contributed by atoms with van der Waals surface area (Å²) in [6.07, 6.45) is 1.40. The van der Waals surface area contributed by atoms with E-state index in [-0.39, 0.29) is 28.0 Å². The summed E-state index contributed by atoms with van der Waals surface area (Å²) in [5.41, 5.74) is 0.386. The number of nitrogens with one attached hydrogen (secondary N) is 1. The molecule has 1 unspecified atom stereocenters. The van der Waals surface area contributed by atoms with Crippen molar-refractivity contribution in [3.63, 3.8) is 0 Å². The van der Waals surface area contributed by atoms with Gasteiger partial charge in [-0.25, -0.2) is 4.98 Å². The quantitative estimate of drug-likeness (QED) is 0.821. The molecule has 0 radical (unpaired) electrons. The summed E-state index contributed by atoms with van der Waals surface area (Å²) in [5.74, 6) is 0.0377. The molecule has 1 aromatic rings. The Bertz CT molecular complexity index is 439. The van der Waals surface area contributed by atoms with E-state index in [0.717, 1.165) is 0 Å². The molecule has 0 bridgehead atoms. The predicted octanol–water partition coefficient (Wildman–Crippen LogP) is 3.18. The van der Waals surface area contributed by atoms with Crippen LogP contribution < -0.4 is 5.32 Å². The normalized spacial score (nSPS) is 12.5. The number of nitrogens with zero attached hydrogens (tertiary/aromatic N) is 1. The van der Waals surface area contributed by atoms with Gasteiger partial charge in [0.25, 0.3) is 5.91 Å². The van der Waals surface area contributed by atoms with E-state index in [1.807, 2.05) is 20.8 Å². The van der Waals surface area contributed by atoms with E-state index in [9.17, 15) is 4.79 Å². The van der Waals surface area contributed by atoms with Gasteiger partial charge >= 0.3 is 0 Å². The maximum atomic E-state index is 12.1. The highest BCUT2D eigenvalue weighted by atomic mass is 35.5. The van der Waals surface area contributed by atoms with Crippen molar-refractivity contribution in [1.29, 1.82) is 0 Å². The zero-order chi connectivity index (χ0) is 14.4. The minimum absolute atomic E-state index is 0.0538. The highest BCUT2D eigenvalue weighted by Crippen LogP contribution is 2.19. The van der Waals surface area contributed by atoms with Crippen molar-refractivity contribution < 1.29 is 9.53 Å². The van der Waals surface area contributed by atoms with Crippen LogP contribution in [0.2, 0.25) is 10.2 Å². The number of ether oxygens (including phenoxy) is 1. The largest absolute Gasteiger partial charge is 0.380 e. The highest BCUT2D eigenvalue weighted by molar-refractivity contribution is 6.41. The van der Waals surface area contributed by atoms with Crippen LogP contribution in [0.15, 0.2) is 12.3 Å². The average molecular weight is 305 g/mol. The molecule has 1 aromatic heterocycles. The Hall–Kier alpha value is -0.840. The van der Waals surface area contributed by atoms with E-state index in [4.69, 9.17) is 27.9 Å². The van der Waals surface area contributed by atoms with Crippen LogP contribution in [0.3, 0.4) is 0 Å². The molecule has 0 aliphatic rings. The van der Waals surface area contributed by atoms with E-state index in [1.165, 1.54) is 12.3 Å². The van der Waals surface area contributed by atoms with E-state index in [1.54, 1.807) is 0 Å². The van der Waals surface area contributed by atoms with Crippen molar-refractivity contribution in [3.05, 3.63) is 28.0 Å². The van der Waals surface area contributed by atoms with Crippen LogP contribution in [-0.2, 0) is 4.74 Å². The van der Waals surface area contributed by atoms with Gasteiger partial charge < -0.3 is 10.1 Å². The Labute approximate surface area is 123 Å². The first-order valence-electron chi connectivity index (χ1n) is 6.15. The minimum Gasteiger partial charge on any atom is -0.380 e. The zero-order valence-corrected chi connectivity index (χ0v) is 12.8. The first-order chi connectivity index (χ1) is 8.95. The fourth-order valence-corrected chi connectivity index (χ4v) is 1.71. The molecule has 0 aromatic carbocycles. The van der Waals surface area contributed by atoms with Crippen LogP contribution in [0, 0.1) is 5.92 Å². The first kappa shape index (κ1) is 16.2. The van der Waals surface area contributed by atoms with Gasteiger partial charge in [0.15, 0.2) is 0 Å². The molecule has 6 heteroatoms. The number of hydrogen-bond donors (Lipinski definition) is 1. The number of hydrogen-bond acceptors (Lipinski definition) is 3. The number of amides is 1. The molecule has 0 saturated heterocycles. The Balaban J connectivity index is 2.73. The van der Waals surface area contributed by atoms with Crippen LogP contribution >= 0.6 is 23.2 Å². The molecule has 4 nitrogen and oxygen atoms in total. The molecule has 1 atom stereocenters. The number of rotatable bonds is 6. The molecule has 0 aliphatic carbocycles. The standard InChI is InChI=1S/C13H18Cl2N2O2/c1-4-19-7-11(8(2)3)17-13(18)9-5-10(14)12(15)16-6-9/h5-6,8,11H,4,7H2,1-3H3,(H,17,18). The third kappa shape index (κ3) is 4.97. The lowest BCUT2D eigenvalue weighted by Gasteiger charge is -2.22. The third-order valence-corrected chi connectivity index (χ3v) is 3.37. The molecule has 1 amide bonds. The van der Waals surface area contributed by atoms with Gasteiger partial charge in [-0.1, -0.05) is 37.0 Å². The molecule has 0 aliphatic heterocycles. The van der Waals surface area contributed by atoms with Crippen LogP contribution in [0.1, 0.15) is 31.1 Å². The monoisotopic (exact) mass is 304 g/mol. The lowest BCUT2D eigenvalue weighted by atomic mass is 10.0. The van der Waals surface area contributed by atoms with Crippen molar-refractivity contribution in [1.82, 2.24) is 10.3 Å². The van der Waals surface area contributed by atoms with Gasteiger partial charge in [0.05, 0.1) is 23.2 Å². The maximum Gasteiger partial charge on any atom is 0.253 e. The molecule has 19 heavy (non-hydrogen) atoms. The second kappa shape index (κ2) is 7.68. The maximum absolute atomic E-state index is 12.1. The summed E-state index contributed by atoms with van der Waals surface area (Å²) in [6, 6.07) is 1.45. The minimum atomic E-state index is -0.232. The molecule has 0 fully saturated rings. The first-order valence-corrected chi connectivity index (χ1v) is 6.91. The SMILES string of the molecule is CCOCC(NC(=O)c1cnc(Cl)c(Cl)c1)C(C)C. The lowest BCUT2D eigenvalue weighted by molar-refractivity contribution is 0.0806. The molecular weight excluding hydrogens is 287 g/mol. The predicted molar refractivity (Wildman–Crippen MR) is 76.8 cm³/mol. The number of halogens is 2. The van der Waals surface area contributed by atoms with E-state index in [0.29, 0.717) is 18.8 Å². The molecule has 0 spiro atoms. The van der Waals surface area contributed by atoms with Gasteiger partial charge in [-0.05, 0) is 18.9 Å². The molecule has 106 valence electrons. The summed E-state index contributed by atoms with van der Waals surface area (Å²) in [4.78, 5) is 15.9. The molecule has 1 N–H and O–H groups in total. The number of carbonyl (C=O) groups is 1. The zero-order valence-electron chi connectivity index (χ0n) is 11.2. The van der Waals surface area contributed by atoms with Gasteiger partial charge in [-0.3, -0.25) is 4.79 Å². The van der Waals surface area contributed by atoms with Crippen molar-refractivity contribution in [2.24, 2.45) is 5.92 Å². The van der Waals surface area contributed by atoms with E-state index < -0.39 is 0 Å². The van der Waals surface area contributed by atoms with Crippen LogP contribution in [0.25, 0.3) is 0 Å². The van der Waals surface area contributed by atoms with Gasteiger partial charge in [0, 0.05) is 12.8 Å². The molecule has 1 rings (SSSR count). The van der Waals surface area contributed by atoms with Gasteiger partial charge in [-0.2, -0.15) is 0 Å². The lowest BCUT2D eigenvalue weighted by Crippen LogP contribution is -2.41. The Kier molecular flexibility index (Phi) is 6.55. The fourth-order valence-electron chi connectivity index (χ4n) is 1.44. The highest BCUT2D eigenvalue weighted by Gasteiger charge is 2.18. The van der Waals surface area contributed by atoms with Crippen LogP contribution in [0.4, 0.5) is 0 Å². The molecular formula is C13H18Cl2N2O2. The van der Waals surface area contributed by atoms with Gasteiger partial charge in [0.1, 0.15) is 5.15 Å². The number of aromatic nitrogens is 1. The average Bonchev–Trinajstić information content (AvgIpc) is 2.37. The van der Waals surface area contributed by atoms with Crippen molar-refractivity contribution in [3.8, 4) is 0 Å². The number of carbonyl (C=O) groups excluding carboxylic acids is 1. The van der Waals surface area contributed by atoms with Crippen LogP contribution in [-0.4, -0.2) is 30.1 Å². The van der Waals surface area contributed by atoms with Gasteiger partial charge in [-0.15, -0.1) is 0 Å². The summed E-state index contributed by atoms with van der Waals surface area (Å²) < 4.78 is 5.36.